The minimum Gasteiger partial charge on any atom is -0.347 e. The maximum atomic E-state index is 12.4. The number of aryl methyl sites for hydroxylation is 1. The van der Waals surface area contributed by atoms with Gasteiger partial charge in [-0.25, -0.2) is 0 Å². The number of carbonyl (C=O) groups excluding carboxylic acids is 1. The van der Waals surface area contributed by atoms with Crippen LogP contribution in [0.5, 0.6) is 0 Å². The zero-order valence-electron chi connectivity index (χ0n) is 13.1. The number of rotatable bonds is 3. The van der Waals surface area contributed by atoms with Crippen molar-refractivity contribution in [1.82, 2.24) is 10.3 Å². The molecule has 1 aliphatic carbocycles. The van der Waals surface area contributed by atoms with E-state index in [9.17, 15) is 4.79 Å². The molecular formula is C19H17ClN2OS. The first-order chi connectivity index (χ1) is 11.7. The molecule has 0 bridgehead atoms. The standard InChI is InChI=1S/C19H17ClN2OS/c20-18-14-5-1-2-6-16(14)22-17-10-12(7-8-15(17)18)19(23)21-11-13-4-3-9-24-13/h3-4,7-10H,1-2,5-6,11H2,(H,21,23). The van der Waals surface area contributed by atoms with Gasteiger partial charge in [0.05, 0.1) is 17.1 Å². The normalized spacial score (nSPS) is 13.7. The van der Waals surface area contributed by atoms with Crippen molar-refractivity contribution in [3.05, 3.63) is 62.4 Å². The molecule has 4 rings (SSSR count). The molecule has 1 aromatic carbocycles. The number of carbonyl (C=O) groups is 1. The Morgan fingerprint density at radius 1 is 1.25 bits per heavy atom. The summed E-state index contributed by atoms with van der Waals surface area (Å²) in [6.45, 7) is 0.549. The molecule has 122 valence electrons. The monoisotopic (exact) mass is 356 g/mol. The van der Waals surface area contributed by atoms with Crippen molar-refractivity contribution in [2.75, 3.05) is 0 Å². The average molecular weight is 357 g/mol. The molecule has 0 saturated carbocycles. The summed E-state index contributed by atoms with van der Waals surface area (Å²) in [5.41, 5.74) is 3.71. The number of thiophene rings is 1. The number of amides is 1. The summed E-state index contributed by atoms with van der Waals surface area (Å²) in [7, 11) is 0. The SMILES string of the molecule is O=C(NCc1cccs1)c1ccc2c(Cl)c3c(nc2c1)CCCC3. The van der Waals surface area contributed by atoms with E-state index in [1.165, 1.54) is 12.0 Å². The van der Waals surface area contributed by atoms with Crippen molar-refractivity contribution in [1.29, 1.82) is 0 Å². The van der Waals surface area contributed by atoms with Crippen LogP contribution < -0.4 is 5.32 Å². The molecule has 0 saturated heterocycles. The molecule has 0 spiro atoms. The van der Waals surface area contributed by atoms with Crippen LogP contribution in [-0.4, -0.2) is 10.9 Å². The third-order valence-corrected chi connectivity index (χ3v) is 5.77. The van der Waals surface area contributed by atoms with Crippen molar-refractivity contribution >= 4 is 39.7 Å². The Morgan fingerprint density at radius 3 is 2.96 bits per heavy atom. The highest BCUT2D eigenvalue weighted by Crippen LogP contribution is 2.33. The molecule has 0 atom stereocenters. The highest BCUT2D eigenvalue weighted by Gasteiger charge is 2.18. The van der Waals surface area contributed by atoms with Crippen molar-refractivity contribution in [3.63, 3.8) is 0 Å². The van der Waals surface area contributed by atoms with Gasteiger partial charge in [0.1, 0.15) is 0 Å². The van der Waals surface area contributed by atoms with Gasteiger partial charge in [-0.3, -0.25) is 9.78 Å². The van der Waals surface area contributed by atoms with Gasteiger partial charge in [-0.15, -0.1) is 11.3 Å². The van der Waals surface area contributed by atoms with Crippen LogP contribution in [0.2, 0.25) is 5.02 Å². The van der Waals surface area contributed by atoms with Gasteiger partial charge in [-0.2, -0.15) is 0 Å². The van der Waals surface area contributed by atoms with E-state index in [0.717, 1.165) is 45.8 Å². The van der Waals surface area contributed by atoms with Crippen molar-refractivity contribution < 1.29 is 4.79 Å². The second-order valence-corrected chi connectivity index (χ2v) is 7.46. The third kappa shape index (κ3) is 2.92. The Bertz CT molecular complexity index is 905. The van der Waals surface area contributed by atoms with Crippen molar-refractivity contribution in [2.45, 2.75) is 32.2 Å². The summed E-state index contributed by atoms with van der Waals surface area (Å²) in [6, 6.07) is 9.59. The Labute approximate surface area is 149 Å². The number of aromatic nitrogens is 1. The van der Waals surface area contributed by atoms with Gasteiger partial charge in [0, 0.05) is 21.5 Å². The molecule has 0 radical (unpaired) electrons. The van der Waals surface area contributed by atoms with Crippen LogP contribution in [0, 0.1) is 0 Å². The largest absolute Gasteiger partial charge is 0.347 e. The maximum Gasteiger partial charge on any atom is 0.251 e. The molecule has 0 aliphatic heterocycles. The minimum atomic E-state index is -0.0825. The molecule has 2 aromatic heterocycles. The first kappa shape index (κ1) is 15.6. The summed E-state index contributed by atoms with van der Waals surface area (Å²) in [6.07, 6.45) is 4.30. The van der Waals surface area contributed by atoms with E-state index in [1.807, 2.05) is 35.7 Å². The number of nitrogens with zero attached hydrogens (tertiary/aromatic N) is 1. The van der Waals surface area contributed by atoms with E-state index in [4.69, 9.17) is 16.6 Å². The number of hydrogen-bond donors (Lipinski definition) is 1. The fraction of sp³-hybridized carbons (Fsp3) is 0.263. The Balaban J connectivity index is 1.64. The van der Waals surface area contributed by atoms with Crippen LogP contribution in [0.15, 0.2) is 35.7 Å². The topological polar surface area (TPSA) is 42.0 Å². The van der Waals surface area contributed by atoms with Crippen molar-refractivity contribution in [2.24, 2.45) is 0 Å². The fourth-order valence-corrected chi connectivity index (χ4v) is 4.20. The van der Waals surface area contributed by atoms with Gasteiger partial charge in [0.25, 0.3) is 5.91 Å². The van der Waals surface area contributed by atoms with Crippen LogP contribution in [-0.2, 0) is 19.4 Å². The summed E-state index contributed by atoms with van der Waals surface area (Å²) in [5, 5.41) is 6.70. The second kappa shape index (κ2) is 6.54. The number of benzene rings is 1. The van der Waals surface area contributed by atoms with E-state index < -0.39 is 0 Å². The van der Waals surface area contributed by atoms with Gasteiger partial charge in [0.15, 0.2) is 0 Å². The molecule has 0 fully saturated rings. The Hall–Kier alpha value is -1.91. The quantitative estimate of drug-likeness (QED) is 0.735. The molecule has 1 N–H and O–H groups in total. The maximum absolute atomic E-state index is 12.4. The van der Waals surface area contributed by atoms with Gasteiger partial charge in [-0.05, 0) is 54.8 Å². The fourth-order valence-electron chi connectivity index (χ4n) is 3.19. The smallest absolute Gasteiger partial charge is 0.251 e. The van der Waals surface area contributed by atoms with E-state index in [1.54, 1.807) is 11.3 Å². The van der Waals surface area contributed by atoms with Crippen LogP contribution in [0.4, 0.5) is 0 Å². The highest BCUT2D eigenvalue weighted by atomic mass is 35.5. The van der Waals surface area contributed by atoms with Crippen LogP contribution in [0.25, 0.3) is 10.9 Å². The molecule has 3 aromatic rings. The summed E-state index contributed by atoms with van der Waals surface area (Å²) >= 11 is 8.22. The molecule has 1 amide bonds. The van der Waals surface area contributed by atoms with Crippen molar-refractivity contribution in [3.8, 4) is 0 Å². The number of fused-ring (bicyclic) bond motifs is 2. The van der Waals surface area contributed by atoms with E-state index in [2.05, 4.69) is 5.32 Å². The lowest BCUT2D eigenvalue weighted by Crippen LogP contribution is -2.22. The number of halogens is 1. The average Bonchev–Trinajstić information content (AvgIpc) is 3.13. The summed E-state index contributed by atoms with van der Waals surface area (Å²) in [5.74, 6) is -0.0825. The number of pyridine rings is 1. The van der Waals surface area contributed by atoms with Crippen LogP contribution >= 0.6 is 22.9 Å². The first-order valence-electron chi connectivity index (χ1n) is 8.14. The first-order valence-corrected chi connectivity index (χ1v) is 9.40. The molecule has 2 heterocycles. The van der Waals surface area contributed by atoms with E-state index in [0.29, 0.717) is 12.1 Å². The predicted octanol–water partition coefficient (Wildman–Crippen LogP) is 4.76. The zero-order chi connectivity index (χ0) is 16.5. The predicted molar refractivity (Wildman–Crippen MR) is 98.9 cm³/mol. The molecule has 5 heteroatoms. The highest BCUT2D eigenvalue weighted by molar-refractivity contribution is 7.09. The zero-order valence-corrected chi connectivity index (χ0v) is 14.7. The Morgan fingerprint density at radius 2 is 2.12 bits per heavy atom. The molecule has 0 unspecified atom stereocenters. The Kier molecular flexibility index (Phi) is 4.25. The van der Waals surface area contributed by atoms with Crippen LogP contribution in [0.3, 0.4) is 0 Å². The van der Waals surface area contributed by atoms with Gasteiger partial charge in [-0.1, -0.05) is 23.7 Å². The molecule has 3 nitrogen and oxygen atoms in total. The van der Waals surface area contributed by atoms with Gasteiger partial charge in [0.2, 0.25) is 0 Å². The van der Waals surface area contributed by atoms with E-state index >= 15 is 0 Å². The number of nitrogens with one attached hydrogen (secondary N) is 1. The van der Waals surface area contributed by atoms with Gasteiger partial charge < -0.3 is 5.32 Å². The summed E-state index contributed by atoms with van der Waals surface area (Å²) in [4.78, 5) is 18.3. The number of hydrogen-bond acceptors (Lipinski definition) is 3. The molecule has 24 heavy (non-hydrogen) atoms. The lowest BCUT2D eigenvalue weighted by Gasteiger charge is -2.18. The summed E-state index contributed by atoms with van der Waals surface area (Å²) < 4.78 is 0. The molecular weight excluding hydrogens is 340 g/mol. The van der Waals surface area contributed by atoms with E-state index in [-0.39, 0.29) is 5.91 Å². The van der Waals surface area contributed by atoms with Crippen LogP contribution in [0.1, 0.15) is 39.3 Å². The lowest BCUT2D eigenvalue weighted by atomic mass is 9.94. The second-order valence-electron chi connectivity index (χ2n) is 6.05. The third-order valence-electron chi connectivity index (χ3n) is 4.46. The minimum absolute atomic E-state index is 0.0825. The molecule has 1 aliphatic rings. The van der Waals surface area contributed by atoms with Gasteiger partial charge >= 0.3 is 0 Å². The lowest BCUT2D eigenvalue weighted by molar-refractivity contribution is 0.0951.